The maximum absolute atomic E-state index is 13.0. The molecule has 166 valence electrons. The van der Waals surface area contributed by atoms with Crippen LogP contribution < -0.4 is 5.32 Å². The van der Waals surface area contributed by atoms with Crippen molar-refractivity contribution in [3.8, 4) is 0 Å². The number of rotatable bonds is 8. The van der Waals surface area contributed by atoms with Crippen LogP contribution in [0, 0.1) is 0 Å². The third-order valence-electron chi connectivity index (χ3n) is 4.97. The zero-order chi connectivity index (χ0) is 23.3. The summed E-state index contributed by atoms with van der Waals surface area (Å²) in [4.78, 5) is 25.9. The largest absolute Gasteiger partial charge is 0.321 e. The molecule has 8 heteroatoms. The highest BCUT2D eigenvalue weighted by molar-refractivity contribution is 9.10. The number of carbonyl (C=O) groups is 2. The Balaban J connectivity index is 1.86. The summed E-state index contributed by atoms with van der Waals surface area (Å²) in [7, 11) is -3.60. The van der Waals surface area contributed by atoms with Crippen LogP contribution in [0.4, 0.5) is 5.69 Å². The van der Waals surface area contributed by atoms with Gasteiger partial charge in [-0.1, -0.05) is 60.1 Å². The van der Waals surface area contributed by atoms with E-state index in [1.807, 2.05) is 6.07 Å². The monoisotopic (exact) mass is 514 g/mol. The molecule has 6 nitrogen and oxygen atoms in total. The smallest absolute Gasteiger partial charge is 0.255 e. The summed E-state index contributed by atoms with van der Waals surface area (Å²) in [5.41, 5.74) is 1.50. The fourth-order valence-corrected chi connectivity index (χ4v) is 5.06. The summed E-state index contributed by atoms with van der Waals surface area (Å²) < 4.78 is 27.3. The third kappa shape index (κ3) is 5.15. The molecule has 0 radical (unpaired) electrons. The highest BCUT2D eigenvalue weighted by atomic mass is 79.9. The molecule has 0 atom stereocenters. The van der Waals surface area contributed by atoms with Gasteiger partial charge in [-0.2, -0.15) is 4.31 Å². The molecule has 0 aliphatic heterocycles. The second-order valence-corrected chi connectivity index (χ2v) is 9.81. The lowest BCUT2D eigenvalue weighted by Gasteiger charge is -2.18. The number of hydrogen-bond donors (Lipinski definition) is 1. The van der Waals surface area contributed by atoms with Gasteiger partial charge in [0.05, 0.1) is 10.6 Å². The predicted molar refractivity (Wildman–Crippen MR) is 129 cm³/mol. The number of carbonyl (C=O) groups excluding carboxylic acids is 2. The molecular formula is C24H23BrN2O4S. The SMILES string of the molecule is CCN(CC)S(=O)(=O)c1ccc(C(=O)Nc2ccc(Br)cc2C(=O)c2ccccc2)cc1. The van der Waals surface area contributed by atoms with Crippen LogP contribution in [-0.4, -0.2) is 37.5 Å². The number of halogens is 1. The highest BCUT2D eigenvalue weighted by Crippen LogP contribution is 2.25. The average molecular weight is 515 g/mol. The van der Waals surface area contributed by atoms with E-state index in [1.54, 1.807) is 56.3 Å². The normalized spacial score (nSPS) is 11.4. The van der Waals surface area contributed by atoms with Crippen LogP contribution in [0.25, 0.3) is 0 Å². The molecule has 0 aromatic heterocycles. The van der Waals surface area contributed by atoms with Crippen molar-refractivity contribution in [2.45, 2.75) is 18.7 Å². The third-order valence-corrected chi connectivity index (χ3v) is 7.53. The molecule has 3 aromatic carbocycles. The van der Waals surface area contributed by atoms with Gasteiger partial charge in [0.2, 0.25) is 10.0 Å². The minimum absolute atomic E-state index is 0.126. The number of hydrogen-bond acceptors (Lipinski definition) is 4. The first-order chi connectivity index (χ1) is 15.3. The topological polar surface area (TPSA) is 83.6 Å². The standard InChI is InChI=1S/C24H23BrN2O4S/c1-3-27(4-2)32(30,31)20-13-10-18(11-14-20)24(29)26-22-15-12-19(25)16-21(22)23(28)17-8-6-5-7-9-17/h5-16H,3-4H2,1-2H3,(H,26,29). The summed E-state index contributed by atoms with van der Waals surface area (Å²) in [6.07, 6.45) is 0. The predicted octanol–water partition coefficient (Wildman–Crippen LogP) is 4.96. The van der Waals surface area contributed by atoms with Gasteiger partial charge in [-0.15, -0.1) is 0 Å². The van der Waals surface area contributed by atoms with E-state index in [4.69, 9.17) is 0 Å². The van der Waals surface area contributed by atoms with Crippen LogP contribution in [0.15, 0.2) is 82.2 Å². The van der Waals surface area contributed by atoms with Crippen LogP contribution in [0.5, 0.6) is 0 Å². The van der Waals surface area contributed by atoms with Crippen molar-refractivity contribution in [2.24, 2.45) is 0 Å². The van der Waals surface area contributed by atoms with Gasteiger partial charge in [0.1, 0.15) is 0 Å². The molecular weight excluding hydrogens is 492 g/mol. The van der Waals surface area contributed by atoms with E-state index in [9.17, 15) is 18.0 Å². The van der Waals surface area contributed by atoms with Crippen molar-refractivity contribution in [1.29, 1.82) is 0 Å². The van der Waals surface area contributed by atoms with Crippen LogP contribution in [0.3, 0.4) is 0 Å². The number of ketones is 1. The van der Waals surface area contributed by atoms with Gasteiger partial charge in [-0.3, -0.25) is 9.59 Å². The van der Waals surface area contributed by atoms with E-state index in [2.05, 4.69) is 21.2 Å². The number of benzene rings is 3. The van der Waals surface area contributed by atoms with Gasteiger partial charge in [0.15, 0.2) is 5.78 Å². The molecule has 3 rings (SSSR count). The van der Waals surface area contributed by atoms with Gasteiger partial charge >= 0.3 is 0 Å². The van der Waals surface area contributed by atoms with Crippen LogP contribution in [0.2, 0.25) is 0 Å². The molecule has 0 saturated carbocycles. The summed E-state index contributed by atoms with van der Waals surface area (Å²) >= 11 is 3.37. The van der Waals surface area contributed by atoms with Gasteiger partial charge in [0, 0.05) is 34.3 Å². The Morgan fingerprint density at radius 2 is 1.50 bits per heavy atom. The first-order valence-corrected chi connectivity index (χ1v) is 12.3. The Labute approximate surface area is 196 Å². The molecule has 32 heavy (non-hydrogen) atoms. The van der Waals surface area contributed by atoms with E-state index in [1.165, 1.54) is 28.6 Å². The minimum Gasteiger partial charge on any atom is -0.321 e. The van der Waals surface area contributed by atoms with E-state index >= 15 is 0 Å². The van der Waals surface area contributed by atoms with Crippen molar-refractivity contribution in [1.82, 2.24) is 4.31 Å². The Bertz CT molecular complexity index is 1220. The molecule has 3 aromatic rings. The maximum Gasteiger partial charge on any atom is 0.255 e. The first-order valence-electron chi connectivity index (χ1n) is 10.1. The molecule has 0 fully saturated rings. The fourth-order valence-electron chi connectivity index (χ4n) is 3.24. The summed E-state index contributed by atoms with van der Waals surface area (Å²) in [6, 6.07) is 19.6. The van der Waals surface area contributed by atoms with Crippen molar-refractivity contribution >= 4 is 43.3 Å². The molecule has 0 aliphatic rings. The quantitative estimate of drug-likeness (QED) is 0.430. The van der Waals surface area contributed by atoms with Crippen molar-refractivity contribution in [3.63, 3.8) is 0 Å². The van der Waals surface area contributed by atoms with Gasteiger partial charge in [0.25, 0.3) is 5.91 Å². The minimum atomic E-state index is -3.60. The molecule has 0 bridgehead atoms. The lowest BCUT2D eigenvalue weighted by molar-refractivity contribution is 0.102. The summed E-state index contributed by atoms with van der Waals surface area (Å²) in [6.45, 7) is 4.27. The van der Waals surface area contributed by atoms with Crippen molar-refractivity contribution < 1.29 is 18.0 Å². The molecule has 0 aliphatic carbocycles. The lowest BCUT2D eigenvalue weighted by atomic mass is 10.0. The molecule has 1 N–H and O–H groups in total. The Kier molecular flexibility index (Phi) is 7.60. The van der Waals surface area contributed by atoms with E-state index in [-0.39, 0.29) is 16.2 Å². The molecule has 0 unspecified atom stereocenters. The van der Waals surface area contributed by atoms with Gasteiger partial charge < -0.3 is 5.32 Å². The number of sulfonamides is 1. The second kappa shape index (κ2) is 10.2. The number of anilines is 1. The highest BCUT2D eigenvalue weighted by Gasteiger charge is 2.22. The summed E-state index contributed by atoms with van der Waals surface area (Å²) in [5.74, 6) is -0.663. The van der Waals surface area contributed by atoms with Crippen LogP contribution >= 0.6 is 15.9 Å². The first kappa shape index (κ1) is 23.8. The zero-order valence-corrected chi connectivity index (χ0v) is 20.1. The van der Waals surface area contributed by atoms with Crippen LogP contribution in [0.1, 0.15) is 40.1 Å². The number of nitrogens with one attached hydrogen (secondary N) is 1. The van der Waals surface area contributed by atoms with Crippen molar-refractivity contribution in [3.05, 3.63) is 94.0 Å². The van der Waals surface area contributed by atoms with Crippen molar-refractivity contribution in [2.75, 3.05) is 18.4 Å². The Morgan fingerprint density at radius 1 is 0.875 bits per heavy atom. The van der Waals surface area contributed by atoms with E-state index < -0.39 is 15.9 Å². The number of amides is 1. The van der Waals surface area contributed by atoms with Gasteiger partial charge in [-0.05, 0) is 42.5 Å². The van der Waals surface area contributed by atoms with E-state index in [0.717, 1.165) is 0 Å². The zero-order valence-electron chi connectivity index (χ0n) is 17.7. The number of nitrogens with zero attached hydrogens (tertiary/aromatic N) is 1. The molecule has 0 spiro atoms. The second-order valence-electron chi connectivity index (χ2n) is 6.95. The summed E-state index contributed by atoms with van der Waals surface area (Å²) in [5, 5.41) is 2.77. The maximum atomic E-state index is 13.0. The molecule has 1 amide bonds. The van der Waals surface area contributed by atoms with Crippen LogP contribution in [-0.2, 0) is 10.0 Å². The Morgan fingerprint density at radius 3 is 2.09 bits per heavy atom. The van der Waals surface area contributed by atoms with E-state index in [0.29, 0.717) is 34.4 Å². The average Bonchev–Trinajstić information content (AvgIpc) is 2.81. The molecule has 0 heterocycles. The molecule has 0 saturated heterocycles. The lowest BCUT2D eigenvalue weighted by Crippen LogP contribution is -2.30. The Hall–Kier alpha value is -2.81. The fraction of sp³-hybridized carbons (Fsp3) is 0.167. The van der Waals surface area contributed by atoms with Gasteiger partial charge in [-0.25, -0.2) is 8.42 Å².